The number of nitrogens with zero attached hydrogens (tertiary/aromatic N) is 1. The molecule has 0 aliphatic carbocycles. The zero-order chi connectivity index (χ0) is 18.2. The highest BCUT2D eigenvalue weighted by molar-refractivity contribution is 7.09. The normalized spacial score (nSPS) is 16.8. The number of rotatable bonds is 9. The molecule has 1 atom stereocenters. The second-order valence-corrected chi connectivity index (χ2v) is 7.39. The van der Waals surface area contributed by atoms with Crippen LogP contribution in [0.1, 0.15) is 24.6 Å². The van der Waals surface area contributed by atoms with Crippen molar-refractivity contribution in [3.63, 3.8) is 0 Å². The van der Waals surface area contributed by atoms with Gasteiger partial charge in [-0.2, -0.15) is 0 Å². The first-order valence-corrected chi connectivity index (χ1v) is 10.0. The largest absolute Gasteiger partial charge is 0.492 e. The van der Waals surface area contributed by atoms with Crippen LogP contribution < -0.4 is 10.1 Å². The van der Waals surface area contributed by atoms with Gasteiger partial charge in [0.15, 0.2) is 0 Å². The monoisotopic (exact) mass is 374 g/mol. The molecule has 0 bridgehead atoms. The molecular weight excluding hydrogens is 348 g/mol. The quantitative estimate of drug-likeness (QED) is 0.726. The summed E-state index contributed by atoms with van der Waals surface area (Å²) >= 11 is 1.72. The van der Waals surface area contributed by atoms with Gasteiger partial charge in [0.1, 0.15) is 5.75 Å². The molecule has 1 fully saturated rings. The highest BCUT2D eigenvalue weighted by Crippen LogP contribution is 2.24. The van der Waals surface area contributed by atoms with E-state index in [4.69, 9.17) is 9.47 Å². The number of amides is 1. The molecule has 26 heavy (non-hydrogen) atoms. The third-order valence-corrected chi connectivity index (χ3v) is 5.13. The van der Waals surface area contributed by atoms with E-state index >= 15 is 0 Å². The van der Waals surface area contributed by atoms with Crippen LogP contribution in [0.15, 0.2) is 41.8 Å². The second-order valence-electron chi connectivity index (χ2n) is 6.36. The van der Waals surface area contributed by atoms with Crippen molar-refractivity contribution in [1.82, 2.24) is 4.90 Å². The van der Waals surface area contributed by atoms with Gasteiger partial charge >= 0.3 is 0 Å². The van der Waals surface area contributed by atoms with Crippen molar-refractivity contribution < 1.29 is 14.3 Å². The molecule has 1 aliphatic heterocycles. The van der Waals surface area contributed by atoms with Gasteiger partial charge in [-0.05, 0) is 43.3 Å². The molecule has 2 aromatic rings. The maximum atomic E-state index is 12.6. The van der Waals surface area contributed by atoms with Crippen LogP contribution in [0.5, 0.6) is 5.75 Å². The fourth-order valence-electron chi connectivity index (χ4n) is 3.13. The van der Waals surface area contributed by atoms with Crippen molar-refractivity contribution in [3.8, 4) is 5.75 Å². The molecule has 1 saturated heterocycles. The van der Waals surface area contributed by atoms with Crippen LogP contribution in [0.3, 0.4) is 0 Å². The lowest BCUT2D eigenvalue weighted by Crippen LogP contribution is -2.37. The number of hydrogen-bond donors (Lipinski definition) is 1. The summed E-state index contributed by atoms with van der Waals surface area (Å²) in [4.78, 5) is 16.1. The number of hydrogen-bond acceptors (Lipinski definition) is 5. The van der Waals surface area contributed by atoms with Crippen molar-refractivity contribution in [2.24, 2.45) is 0 Å². The van der Waals surface area contributed by atoms with Crippen molar-refractivity contribution in [1.29, 1.82) is 0 Å². The minimum Gasteiger partial charge on any atom is -0.492 e. The molecule has 0 spiro atoms. The Morgan fingerprint density at radius 1 is 1.35 bits per heavy atom. The van der Waals surface area contributed by atoms with Crippen LogP contribution in [0.4, 0.5) is 5.69 Å². The van der Waals surface area contributed by atoms with Crippen LogP contribution in [0, 0.1) is 0 Å². The van der Waals surface area contributed by atoms with Gasteiger partial charge in [0.25, 0.3) is 0 Å². The molecule has 0 saturated carbocycles. The van der Waals surface area contributed by atoms with E-state index in [1.807, 2.05) is 37.3 Å². The summed E-state index contributed by atoms with van der Waals surface area (Å²) in [6.45, 7) is 5.19. The first-order chi connectivity index (χ1) is 12.7. The molecule has 1 unspecified atom stereocenters. The smallest absolute Gasteiger partial charge is 0.238 e. The number of ether oxygens (including phenoxy) is 2. The number of carbonyl (C=O) groups is 1. The summed E-state index contributed by atoms with van der Waals surface area (Å²) in [5.74, 6) is 0.666. The highest BCUT2D eigenvalue weighted by Gasteiger charge is 2.21. The summed E-state index contributed by atoms with van der Waals surface area (Å²) in [7, 11) is 0. The van der Waals surface area contributed by atoms with Crippen molar-refractivity contribution in [2.45, 2.75) is 32.4 Å². The van der Waals surface area contributed by atoms with Gasteiger partial charge in [-0.15, -0.1) is 11.3 Å². The van der Waals surface area contributed by atoms with Gasteiger partial charge in [-0.3, -0.25) is 9.69 Å². The lowest BCUT2D eigenvalue weighted by molar-refractivity contribution is -0.117. The topological polar surface area (TPSA) is 50.8 Å². The Hall–Kier alpha value is -1.89. The molecule has 5 nitrogen and oxygen atoms in total. The van der Waals surface area contributed by atoms with E-state index in [0.29, 0.717) is 24.6 Å². The molecule has 2 heterocycles. The number of carbonyl (C=O) groups excluding carboxylic acids is 1. The number of nitrogens with one attached hydrogen (secondary N) is 1. The van der Waals surface area contributed by atoms with Gasteiger partial charge in [0.05, 0.1) is 24.9 Å². The number of benzene rings is 1. The predicted octanol–water partition coefficient (Wildman–Crippen LogP) is 3.77. The van der Waals surface area contributed by atoms with Crippen molar-refractivity contribution in [2.75, 3.05) is 31.6 Å². The van der Waals surface area contributed by atoms with Crippen LogP contribution in [0.2, 0.25) is 0 Å². The summed E-state index contributed by atoms with van der Waals surface area (Å²) in [6, 6.07) is 11.7. The number of anilines is 1. The lowest BCUT2D eigenvalue weighted by atomic mass is 10.2. The van der Waals surface area contributed by atoms with Gasteiger partial charge < -0.3 is 14.8 Å². The van der Waals surface area contributed by atoms with Gasteiger partial charge in [-0.25, -0.2) is 0 Å². The average molecular weight is 375 g/mol. The first-order valence-electron chi connectivity index (χ1n) is 9.12. The Kier molecular flexibility index (Phi) is 7.05. The van der Waals surface area contributed by atoms with Crippen LogP contribution >= 0.6 is 11.3 Å². The Morgan fingerprint density at radius 2 is 2.23 bits per heavy atom. The maximum absolute atomic E-state index is 12.6. The van der Waals surface area contributed by atoms with Gasteiger partial charge in [0.2, 0.25) is 5.91 Å². The zero-order valence-electron chi connectivity index (χ0n) is 15.1. The SMILES string of the molecule is CCOc1ccccc1NC(=O)CN(Cc1cccs1)CC1CCCO1. The maximum Gasteiger partial charge on any atom is 0.238 e. The number of thiophene rings is 1. The Labute approximate surface area is 158 Å². The lowest BCUT2D eigenvalue weighted by Gasteiger charge is -2.24. The summed E-state index contributed by atoms with van der Waals surface area (Å²) in [5, 5.41) is 5.05. The van der Waals surface area contributed by atoms with E-state index in [1.165, 1.54) is 4.88 Å². The first kappa shape index (κ1) is 18.9. The molecule has 1 N–H and O–H groups in total. The molecule has 1 aliphatic rings. The van der Waals surface area contributed by atoms with E-state index in [2.05, 4.69) is 21.7 Å². The molecule has 1 aromatic carbocycles. The third-order valence-electron chi connectivity index (χ3n) is 4.27. The number of para-hydroxylation sites is 2. The molecule has 6 heteroatoms. The fourth-order valence-corrected chi connectivity index (χ4v) is 3.87. The van der Waals surface area contributed by atoms with E-state index in [0.717, 1.165) is 32.5 Å². The molecular formula is C20H26N2O3S. The molecule has 1 amide bonds. The zero-order valence-corrected chi connectivity index (χ0v) is 16.0. The summed E-state index contributed by atoms with van der Waals surface area (Å²) in [5.41, 5.74) is 0.715. The fraction of sp³-hybridized carbons (Fsp3) is 0.450. The van der Waals surface area contributed by atoms with Crippen LogP contribution in [0.25, 0.3) is 0 Å². The highest BCUT2D eigenvalue weighted by atomic mass is 32.1. The summed E-state index contributed by atoms with van der Waals surface area (Å²) in [6.07, 6.45) is 2.39. The van der Waals surface area contributed by atoms with Crippen molar-refractivity contribution >= 4 is 22.9 Å². The van der Waals surface area contributed by atoms with E-state index in [9.17, 15) is 4.79 Å². The van der Waals surface area contributed by atoms with Gasteiger partial charge in [-0.1, -0.05) is 18.2 Å². The van der Waals surface area contributed by atoms with Crippen molar-refractivity contribution in [3.05, 3.63) is 46.7 Å². The minimum atomic E-state index is -0.0355. The molecule has 0 radical (unpaired) electrons. The minimum absolute atomic E-state index is 0.0355. The van der Waals surface area contributed by atoms with Crippen LogP contribution in [-0.4, -0.2) is 43.2 Å². The van der Waals surface area contributed by atoms with E-state index in [1.54, 1.807) is 11.3 Å². The van der Waals surface area contributed by atoms with E-state index in [-0.39, 0.29) is 12.0 Å². The van der Waals surface area contributed by atoms with Gasteiger partial charge in [0, 0.05) is 24.6 Å². The molecule has 3 rings (SSSR count). The average Bonchev–Trinajstić information content (AvgIpc) is 3.31. The van der Waals surface area contributed by atoms with Crippen LogP contribution in [-0.2, 0) is 16.1 Å². The second kappa shape index (κ2) is 9.71. The Morgan fingerprint density at radius 3 is 2.96 bits per heavy atom. The van der Waals surface area contributed by atoms with E-state index < -0.39 is 0 Å². The molecule has 140 valence electrons. The predicted molar refractivity (Wildman–Crippen MR) is 105 cm³/mol. The third kappa shape index (κ3) is 5.56. The Balaban J connectivity index is 1.62. The summed E-state index contributed by atoms with van der Waals surface area (Å²) < 4.78 is 11.4. The Bertz CT molecular complexity index is 684. The standard InChI is InChI=1S/C20H26N2O3S/c1-2-24-19-10-4-3-9-18(19)21-20(23)15-22(13-16-7-5-11-25-16)14-17-8-6-12-26-17/h3-4,6,8-10,12,16H,2,5,7,11,13-15H2,1H3,(H,21,23). The molecule has 1 aromatic heterocycles.